The molecule has 1 heterocycles. The normalized spacial score (nSPS) is 14.2. The second kappa shape index (κ2) is 4.28. The Kier molecular flexibility index (Phi) is 2.99. The molecule has 1 aromatic heterocycles. The van der Waals surface area contributed by atoms with Crippen molar-refractivity contribution >= 4 is 5.71 Å². The molecule has 3 rings (SSSR count). The van der Waals surface area contributed by atoms with E-state index < -0.39 is 0 Å². The van der Waals surface area contributed by atoms with Gasteiger partial charge < -0.3 is 4.98 Å². The molecule has 2 nitrogen and oxygen atoms in total. The third-order valence-electron chi connectivity index (χ3n) is 2.63. The van der Waals surface area contributed by atoms with E-state index in [2.05, 4.69) is 28.2 Å². The van der Waals surface area contributed by atoms with Crippen LogP contribution in [0.2, 0.25) is 0 Å². The number of fused-ring (bicyclic) bond motifs is 3. The van der Waals surface area contributed by atoms with Crippen LogP contribution in [0.3, 0.4) is 0 Å². The van der Waals surface area contributed by atoms with Crippen molar-refractivity contribution in [3.63, 3.8) is 0 Å². The molecule has 0 amide bonds. The monoisotopic (exact) mass is 386 g/mol. The minimum atomic E-state index is 0. The molecule has 0 unspecified atom stereocenters. The van der Waals surface area contributed by atoms with Crippen molar-refractivity contribution in [1.82, 2.24) is 4.98 Å². The summed E-state index contributed by atoms with van der Waals surface area (Å²) in [5, 5.41) is 0. The van der Waals surface area contributed by atoms with Gasteiger partial charge in [-0.25, -0.2) is 0 Å². The van der Waals surface area contributed by atoms with Gasteiger partial charge in [-0.3, -0.25) is 4.99 Å². The number of aromatic nitrogens is 1. The molecule has 1 aliphatic carbocycles. The fourth-order valence-corrected chi connectivity index (χ4v) is 2.01. The van der Waals surface area contributed by atoms with Crippen LogP contribution < -0.4 is 0 Å². The molecular weight excluding hydrogens is 376 g/mol. The van der Waals surface area contributed by atoms with E-state index in [4.69, 9.17) is 0 Å². The van der Waals surface area contributed by atoms with E-state index in [1.54, 1.807) is 0 Å². The van der Waals surface area contributed by atoms with Crippen LogP contribution in [0.25, 0.3) is 11.3 Å². The van der Waals surface area contributed by atoms with Crippen molar-refractivity contribution in [2.75, 3.05) is 7.05 Å². The van der Waals surface area contributed by atoms with Gasteiger partial charge in [-0.05, 0) is 17.3 Å². The van der Waals surface area contributed by atoms with Gasteiger partial charge >= 0.3 is 0 Å². The summed E-state index contributed by atoms with van der Waals surface area (Å²) in [6.07, 6.45) is 1.81. The van der Waals surface area contributed by atoms with Crippen molar-refractivity contribution in [2.45, 2.75) is 0 Å². The smallest absolute Gasteiger partial charge is 0.0274 e. The Hall–Kier alpha value is -1.31. The van der Waals surface area contributed by atoms with Gasteiger partial charge in [0.2, 0.25) is 0 Å². The maximum atomic E-state index is 4.39. The zero-order valence-corrected chi connectivity index (χ0v) is 11.1. The molecule has 1 radical (unpaired) electrons. The molecule has 2 aromatic rings. The first-order valence-electron chi connectivity index (χ1n) is 4.85. The van der Waals surface area contributed by atoms with Gasteiger partial charge in [0.05, 0.1) is 0 Å². The Labute approximate surface area is 108 Å². The van der Waals surface area contributed by atoms with Gasteiger partial charge in [-0.1, -0.05) is 11.6 Å². The molecule has 81 valence electrons. The Morgan fingerprint density at radius 2 is 2.00 bits per heavy atom. The number of aliphatic imine (C=N–C) groups is 1. The number of rotatable bonds is 0. The number of nitrogens with zero attached hydrogens (tertiary/aromatic N) is 2. The van der Waals surface area contributed by atoms with Crippen LogP contribution in [-0.4, -0.2) is 17.7 Å². The molecule has 0 atom stereocenters. The minimum absolute atomic E-state index is 0. The summed E-state index contributed by atoms with van der Waals surface area (Å²) in [5.74, 6) is 0. The zero-order valence-electron chi connectivity index (χ0n) is 8.69. The van der Waals surface area contributed by atoms with Gasteiger partial charge in [-0.2, -0.15) is 0 Å². The number of pyridine rings is 1. The van der Waals surface area contributed by atoms with Crippen LogP contribution in [0.1, 0.15) is 11.1 Å². The van der Waals surface area contributed by atoms with E-state index in [1.165, 1.54) is 0 Å². The molecule has 1 aliphatic rings. The number of hydrogen-bond acceptors (Lipinski definition) is 2. The fraction of sp³-hybridized carbons (Fsp3) is 0.0769. The van der Waals surface area contributed by atoms with E-state index in [9.17, 15) is 0 Å². The Morgan fingerprint density at radius 3 is 2.81 bits per heavy atom. The second-order valence-electron chi connectivity index (χ2n) is 3.43. The summed E-state index contributed by atoms with van der Waals surface area (Å²) in [5.41, 5.74) is 5.32. The largest absolute Gasteiger partial charge is 0.304 e. The van der Waals surface area contributed by atoms with Crippen molar-refractivity contribution in [1.29, 1.82) is 0 Å². The first-order chi connectivity index (χ1) is 7.42. The quantitative estimate of drug-likeness (QED) is 0.546. The van der Waals surface area contributed by atoms with Crippen molar-refractivity contribution in [2.24, 2.45) is 4.99 Å². The van der Waals surface area contributed by atoms with E-state index in [0.29, 0.717) is 0 Å². The van der Waals surface area contributed by atoms with Gasteiger partial charge in [0, 0.05) is 39.1 Å². The fourth-order valence-electron chi connectivity index (χ4n) is 2.01. The van der Waals surface area contributed by atoms with Gasteiger partial charge in [-0.15, -0.1) is 29.8 Å². The van der Waals surface area contributed by atoms with Gasteiger partial charge in [0.25, 0.3) is 0 Å². The number of benzene rings is 1. The molecular formula is C13H9IrN2-. The Bertz CT molecular complexity index is 514. The summed E-state index contributed by atoms with van der Waals surface area (Å²) < 4.78 is 0. The molecule has 16 heavy (non-hydrogen) atoms. The predicted octanol–water partition coefficient (Wildman–Crippen LogP) is 2.33. The summed E-state index contributed by atoms with van der Waals surface area (Å²) >= 11 is 0. The average Bonchev–Trinajstić information content (AvgIpc) is 2.63. The maximum Gasteiger partial charge on any atom is 0.0274 e. The maximum absolute atomic E-state index is 4.39. The average molecular weight is 385 g/mol. The summed E-state index contributed by atoms with van der Waals surface area (Å²) in [7, 11) is 1.81. The van der Waals surface area contributed by atoms with Gasteiger partial charge in [0.15, 0.2) is 0 Å². The third-order valence-corrected chi connectivity index (χ3v) is 2.63. The van der Waals surface area contributed by atoms with Crippen LogP contribution in [0.5, 0.6) is 0 Å². The minimum Gasteiger partial charge on any atom is -0.304 e. The molecule has 0 saturated carbocycles. The molecule has 0 N–H and O–H groups in total. The summed E-state index contributed by atoms with van der Waals surface area (Å²) in [4.78, 5) is 8.71. The number of hydrogen-bond donors (Lipinski definition) is 0. The molecule has 0 fully saturated rings. The molecule has 1 aromatic carbocycles. The standard InChI is InChI=1S/C13H9N2.Ir/c1-14-12-9-5-2-3-6-10(9)13-11(12)7-4-8-15-13;/h2-5,7-8H,1H3;/q-1;. The van der Waals surface area contributed by atoms with Crippen LogP contribution >= 0.6 is 0 Å². The summed E-state index contributed by atoms with van der Waals surface area (Å²) in [6.45, 7) is 0. The first-order valence-corrected chi connectivity index (χ1v) is 4.85. The van der Waals surface area contributed by atoms with Crippen LogP contribution in [0.15, 0.2) is 41.5 Å². The van der Waals surface area contributed by atoms with E-state index in [-0.39, 0.29) is 20.1 Å². The zero-order chi connectivity index (χ0) is 10.3. The van der Waals surface area contributed by atoms with Crippen molar-refractivity contribution in [3.8, 4) is 11.3 Å². The second-order valence-corrected chi connectivity index (χ2v) is 3.43. The van der Waals surface area contributed by atoms with Crippen molar-refractivity contribution < 1.29 is 20.1 Å². The van der Waals surface area contributed by atoms with Crippen LogP contribution in [0.4, 0.5) is 0 Å². The molecule has 0 aliphatic heterocycles. The SMILES string of the molecule is CN=C1c2ccc[c-]c2-c2ncccc21.[Ir]. The van der Waals surface area contributed by atoms with E-state index >= 15 is 0 Å². The topological polar surface area (TPSA) is 25.2 Å². The van der Waals surface area contributed by atoms with Crippen LogP contribution in [-0.2, 0) is 20.1 Å². The van der Waals surface area contributed by atoms with E-state index in [0.717, 1.165) is 28.1 Å². The Balaban J connectivity index is 0.000000963. The predicted molar refractivity (Wildman–Crippen MR) is 60.1 cm³/mol. The summed E-state index contributed by atoms with van der Waals surface area (Å²) in [6, 6.07) is 13.2. The van der Waals surface area contributed by atoms with E-state index in [1.807, 2.05) is 31.4 Å². The van der Waals surface area contributed by atoms with Gasteiger partial charge in [0.1, 0.15) is 0 Å². The van der Waals surface area contributed by atoms with Crippen molar-refractivity contribution in [3.05, 3.63) is 53.7 Å². The molecule has 0 spiro atoms. The molecule has 0 bridgehead atoms. The molecule has 0 saturated heterocycles. The van der Waals surface area contributed by atoms with Crippen LogP contribution in [0, 0.1) is 6.07 Å². The third kappa shape index (κ3) is 1.44. The first kappa shape index (κ1) is 11.2. The molecule has 3 heteroatoms. The Morgan fingerprint density at radius 1 is 1.19 bits per heavy atom.